The van der Waals surface area contributed by atoms with Crippen molar-refractivity contribution in [1.29, 1.82) is 0 Å². The molecule has 1 aromatic heterocycles. The number of rotatable bonds is 9. The van der Waals surface area contributed by atoms with Gasteiger partial charge in [-0.2, -0.15) is 5.06 Å². The van der Waals surface area contributed by atoms with Crippen LogP contribution in [0.3, 0.4) is 0 Å². The summed E-state index contributed by atoms with van der Waals surface area (Å²) < 4.78 is 12.1. The summed E-state index contributed by atoms with van der Waals surface area (Å²) in [7, 11) is 0. The van der Waals surface area contributed by atoms with Crippen molar-refractivity contribution < 1.29 is 24.5 Å². The lowest BCUT2D eigenvalue weighted by Crippen LogP contribution is -2.38. The predicted molar refractivity (Wildman–Crippen MR) is 91.7 cm³/mol. The highest BCUT2D eigenvalue weighted by molar-refractivity contribution is 5.03. The maximum absolute atomic E-state index is 11.9. The summed E-state index contributed by atoms with van der Waals surface area (Å²) in [5.74, 6) is 0. The Hall–Kier alpha value is -1.56. The summed E-state index contributed by atoms with van der Waals surface area (Å²) in [6.07, 6.45) is -3.15. The van der Waals surface area contributed by atoms with Crippen molar-refractivity contribution in [1.82, 2.24) is 14.6 Å². The minimum atomic E-state index is -1.32. The van der Waals surface area contributed by atoms with Gasteiger partial charge in [-0.3, -0.25) is 19.2 Å². The summed E-state index contributed by atoms with van der Waals surface area (Å²) in [4.78, 5) is 31.0. The fraction of sp³-hybridized carbons (Fsp3) is 0.750. The molecule has 10 nitrogen and oxygen atoms in total. The van der Waals surface area contributed by atoms with E-state index in [4.69, 9.17) is 14.3 Å². The highest BCUT2D eigenvalue weighted by Gasteiger charge is 2.44. The van der Waals surface area contributed by atoms with Crippen LogP contribution in [0.25, 0.3) is 0 Å². The van der Waals surface area contributed by atoms with Crippen LogP contribution >= 0.6 is 0 Å². The Morgan fingerprint density at radius 1 is 1.23 bits per heavy atom. The smallest absolute Gasteiger partial charge is 0.330 e. The molecule has 0 bridgehead atoms. The van der Waals surface area contributed by atoms with Crippen molar-refractivity contribution in [3.8, 4) is 0 Å². The molecule has 1 fully saturated rings. The molecule has 4 atom stereocenters. The minimum Gasteiger partial charge on any atom is -0.387 e. The molecule has 26 heavy (non-hydrogen) atoms. The molecule has 0 spiro atoms. The average molecular weight is 373 g/mol. The lowest BCUT2D eigenvalue weighted by molar-refractivity contribution is -0.167. The Balaban J connectivity index is 1.90. The molecule has 10 heteroatoms. The van der Waals surface area contributed by atoms with Crippen molar-refractivity contribution >= 4 is 0 Å². The zero-order valence-electron chi connectivity index (χ0n) is 15.3. The molecule has 0 radical (unpaired) electrons. The number of aliphatic hydroxyl groups excluding tert-OH is 2. The molecule has 1 saturated heterocycles. The van der Waals surface area contributed by atoms with E-state index in [1.165, 1.54) is 13.1 Å². The molecule has 1 aliphatic heterocycles. The van der Waals surface area contributed by atoms with Gasteiger partial charge in [0.2, 0.25) is 0 Å². The molecular weight excluding hydrogens is 346 g/mol. The standard InChI is InChI=1S/C16H27N3O7/c1-4-18(5-2)25-7-6-24-9-11-12(20)13(21)15(26-11)19-8-10(3)14(22)17-16(19)23/h8,11-13,15,20-21H,4-7,9H2,1-3H3,(H,17,22,23)/t11-,12-,13-,15-/m1/s1. The number of H-pyrrole nitrogens is 1. The minimum absolute atomic E-state index is 0.0351. The molecule has 3 N–H and O–H groups in total. The number of ether oxygens (including phenoxy) is 2. The van der Waals surface area contributed by atoms with Crippen molar-refractivity contribution in [2.75, 3.05) is 32.9 Å². The van der Waals surface area contributed by atoms with Crippen LogP contribution in [-0.4, -0.2) is 76.0 Å². The van der Waals surface area contributed by atoms with Crippen molar-refractivity contribution in [3.63, 3.8) is 0 Å². The number of nitrogens with one attached hydrogen (secondary N) is 1. The van der Waals surface area contributed by atoms with Gasteiger partial charge in [0, 0.05) is 24.8 Å². The molecule has 1 aromatic rings. The van der Waals surface area contributed by atoms with Crippen molar-refractivity contribution in [3.05, 3.63) is 32.6 Å². The van der Waals surface area contributed by atoms with Gasteiger partial charge in [-0.15, -0.1) is 0 Å². The van der Waals surface area contributed by atoms with E-state index in [0.717, 1.165) is 17.7 Å². The number of hydrogen-bond donors (Lipinski definition) is 3. The van der Waals surface area contributed by atoms with E-state index in [-0.39, 0.29) is 6.61 Å². The normalized spacial score (nSPS) is 25.9. The molecule has 0 amide bonds. The predicted octanol–water partition coefficient (Wildman–Crippen LogP) is -1.25. The Labute approximate surface area is 150 Å². The lowest BCUT2D eigenvalue weighted by atomic mass is 10.1. The lowest BCUT2D eigenvalue weighted by Gasteiger charge is -2.19. The fourth-order valence-electron chi connectivity index (χ4n) is 2.70. The number of aryl methyl sites for hydroxylation is 1. The first-order chi connectivity index (χ1) is 12.4. The molecule has 0 unspecified atom stereocenters. The van der Waals surface area contributed by atoms with Crippen LogP contribution in [0, 0.1) is 6.92 Å². The molecule has 148 valence electrons. The molecule has 0 aromatic carbocycles. The van der Waals surface area contributed by atoms with Gasteiger partial charge in [0.25, 0.3) is 5.56 Å². The van der Waals surface area contributed by atoms with Gasteiger partial charge >= 0.3 is 5.69 Å². The topological polar surface area (TPSA) is 126 Å². The maximum atomic E-state index is 11.9. The first kappa shape index (κ1) is 20.7. The first-order valence-corrected chi connectivity index (χ1v) is 8.68. The van der Waals surface area contributed by atoms with E-state index < -0.39 is 35.8 Å². The molecule has 0 aliphatic carbocycles. The number of hydrogen-bond acceptors (Lipinski definition) is 8. The summed E-state index contributed by atoms with van der Waals surface area (Å²) >= 11 is 0. The Morgan fingerprint density at radius 2 is 1.92 bits per heavy atom. The van der Waals surface area contributed by atoms with Crippen LogP contribution in [0.4, 0.5) is 0 Å². The number of aromatic amines is 1. The van der Waals surface area contributed by atoms with Crippen LogP contribution in [0.5, 0.6) is 0 Å². The van der Waals surface area contributed by atoms with Crippen LogP contribution in [0.1, 0.15) is 25.6 Å². The Morgan fingerprint density at radius 3 is 2.58 bits per heavy atom. The van der Waals surface area contributed by atoms with Gasteiger partial charge in [-0.1, -0.05) is 13.8 Å². The van der Waals surface area contributed by atoms with Crippen LogP contribution in [0.15, 0.2) is 15.8 Å². The Bertz CT molecular complexity index is 685. The monoisotopic (exact) mass is 373 g/mol. The number of aliphatic hydroxyl groups is 2. The van der Waals surface area contributed by atoms with E-state index >= 15 is 0 Å². The van der Waals surface area contributed by atoms with Crippen molar-refractivity contribution in [2.45, 2.75) is 45.3 Å². The van der Waals surface area contributed by atoms with Gasteiger partial charge in [-0.25, -0.2) is 4.79 Å². The van der Waals surface area contributed by atoms with E-state index in [0.29, 0.717) is 18.8 Å². The largest absolute Gasteiger partial charge is 0.387 e. The first-order valence-electron chi connectivity index (χ1n) is 8.68. The van der Waals surface area contributed by atoms with Crippen LogP contribution in [0.2, 0.25) is 0 Å². The SMILES string of the molecule is CCN(CC)OCCOC[C@H]1O[C@@H](n2cc(C)c(=O)[nH]c2=O)[C@H](O)[C@@H]1O. The van der Waals surface area contributed by atoms with Crippen molar-refractivity contribution in [2.24, 2.45) is 0 Å². The van der Waals surface area contributed by atoms with E-state index in [1.807, 2.05) is 13.8 Å². The number of nitrogens with zero attached hydrogens (tertiary/aromatic N) is 2. The number of hydroxylamine groups is 2. The number of aromatic nitrogens is 2. The summed E-state index contributed by atoms with van der Waals surface area (Å²) in [5.41, 5.74) is -0.929. The quantitative estimate of drug-likeness (QED) is 0.362. The Kier molecular flexibility index (Phi) is 7.50. The second-order valence-electron chi connectivity index (χ2n) is 6.05. The van der Waals surface area contributed by atoms with E-state index in [1.54, 1.807) is 5.06 Å². The molecule has 2 rings (SSSR count). The summed E-state index contributed by atoms with van der Waals surface area (Å²) in [5, 5.41) is 22.1. The molecule has 2 heterocycles. The second-order valence-corrected chi connectivity index (χ2v) is 6.05. The molecule has 1 aliphatic rings. The second kappa shape index (κ2) is 9.40. The zero-order chi connectivity index (χ0) is 19.3. The van der Waals surface area contributed by atoms with Gasteiger partial charge in [0.05, 0.1) is 19.8 Å². The third-order valence-electron chi connectivity index (χ3n) is 4.25. The maximum Gasteiger partial charge on any atom is 0.330 e. The fourth-order valence-corrected chi connectivity index (χ4v) is 2.70. The highest BCUT2D eigenvalue weighted by Crippen LogP contribution is 2.28. The van der Waals surface area contributed by atoms with Gasteiger partial charge in [0.15, 0.2) is 6.23 Å². The summed E-state index contributed by atoms with van der Waals surface area (Å²) in [6.45, 7) is 7.71. The van der Waals surface area contributed by atoms with Gasteiger partial charge < -0.3 is 19.7 Å². The average Bonchev–Trinajstić information content (AvgIpc) is 2.89. The third kappa shape index (κ3) is 4.78. The van der Waals surface area contributed by atoms with Crippen LogP contribution in [-0.2, 0) is 14.3 Å². The van der Waals surface area contributed by atoms with E-state index in [9.17, 15) is 19.8 Å². The van der Waals surface area contributed by atoms with Gasteiger partial charge in [0.1, 0.15) is 18.3 Å². The van der Waals surface area contributed by atoms with Crippen LogP contribution < -0.4 is 11.2 Å². The highest BCUT2D eigenvalue weighted by atomic mass is 16.7. The zero-order valence-corrected chi connectivity index (χ0v) is 15.3. The molecular formula is C16H27N3O7. The third-order valence-corrected chi connectivity index (χ3v) is 4.25. The van der Waals surface area contributed by atoms with Gasteiger partial charge in [-0.05, 0) is 6.92 Å². The molecule has 0 saturated carbocycles. The summed E-state index contributed by atoms with van der Waals surface area (Å²) in [6, 6.07) is 0. The van der Waals surface area contributed by atoms with E-state index in [2.05, 4.69) is 4.98 Å².